The number of pyridine rings is 1. The molecule has 0 saturated carbocycles. The standard InChI is InChI=1S/C26H28F3N5O5/c1-15(2)14-34-22-18(32-23(35)17-7-5-6-8-20(17)39-26(27,28)29)9-10-33(19(22)13-31-34)25(36)16-11-21(37-3)24(38-4)30-12-16/h5-8,11-13,15,18H,9-10,14H2,1-4H3,(H,32,35). The highest BCUT2D eigenvalue weighted by atomic mass is 19.4. The van der Waals surface area contributed by atoms with Gasteiger partial charge in [0.05, 0.1) is 49.0 Å². The second-order valence-corrected chi connectivity index (χ2v) is 9.24. The molecular formula is C26H28F3N5O5. The topological polar surface area (TPSA) is 108 Å². The van der Waals surface area contributed by atoms with Gasteiger partial charge in [-0.05, 0) is 24.5 Å². The Balaban J connectivity index is 1.66. The zero-order valence-electron chi connectivity index (χ0n) is 21.8. The molecule has 1 aromatic carbocycles. The van der Waals surface area contributed by atoms with Crippen molar-refractivity contribution < 1.29 is 37.0 Å². The summed E-state index contributed by atoms with van der Waals surface area (Å²) in [4.78, 5) is 32.4. The summed E-state index contributed by atoms with van der Waals surface area (Å²) >= 11 is 0. The minimum absolute atomic E-state index is 0.187. The maximum absolute atomic E-state index is 13.5. The number of alkyl halides is 3. The first-order valence-electron chi connectivity index (χ1n) is 12.1. The molecule has 10 nitrogen and oxygen atoms in total. The SMILES string of the molecule is COc1cc(C(=O)N2CCC(NC(=O)c3ccccc3OC(F)(F)F)c3c2cnn3CC(C)C)cnc1OC. The Hall–Kier alpha value is -4.29. The number of para-hydroxylation sites is 1. The van der Waals surface area contributed by atoms with Gasteiger partial charge in [-0.15, -0.1) is 13.2 Å². The summed E-state index contributed by atoms with van der Waals surface area (Å²) < 4.78 is 54.9. The van der Waals surface area contributed by atoms with Crippen LogP contribution in [0, 0.1) is 5.92 Å². The van der Waals surface area contributed by atoms with Gasteiger partial charge in [0.1, 0.15) is 5.75 Å². The van der Waals surface area contributed by atoms with Crippen molar-refractivity contribution in [2.24, 2.45) is 5.92 Å². The number of rotatable bonds is 8. The lowest BCUT2D eigenvalue weighted by molar-refractivity contribution is -0.274. The molecule has 1 atom stereocenters. The molecule has 1 N–H and O–H groups in total. The highest BCUT2D eigenvalue weighted by Gasteiger charge is 2.36. The zero-order chi connectivity index (χ0) is 28.3. The zero-order valence-corrected chi connectivity index (χ0v) is 21.8. The van der Waals surface area contributed by atoms with E-state index in [1.54, 1.807) is 10.9 Å². The van der Waals surface area contributed by atoms with Gasteiger partial charge in [-0.3, -0.25) is 14.3 Å². The number of ether oxygens (including phenoxy) is 3. The second-order valence-electron chi connectivity index (χ2n) is 9.24. The summed E-state index contributed by atoms with van der Waals surface area (Å²) in [7, 11) is 2.88. The summed E-state index contributed by atoms with van der Waals surface area (Å²) in [6.07, 6.45) is -1.74. The maximum atomic E-state index is 13.5. The Bertz CT molecular complexity index is 1360. The fourth-order valence-corrected chi connectivity index (χ4v) is 4.42. The fraction of sp³-hybridized carbons (Fsp3) is 0.385. The number of anilines is 1. The molecule has 39 heavy (non-hydrogen) atoms. The highest BCUT2D eigenvalue weighted by Crippen LogP contribution is 2.36. The molecule has 0 spiro atoms. The van der Waals surface area contributed by atoms with Gasteiger partial charge in [0.2, 0.25) is 0 Å². The Morgan fingerprint density at radius 3 is 2.54 bits per heavy atom. The van der Waals surface area contributed by atoms with Crippen LogP contribution >= 0.6 is 0 Å². The third kappa shape index (κ3) is 6.07. The number of fused-ring (bicyclic) bond motifs is 1. The molecule has 0 saturated heterocycles. The van der Waals surface area contributed by atoms with E-state index in [0.717, 1.165) is 6.07 Å². The van der Waals surface area contributed by atoms with Crippen molar-refractivity contribution in [1.29, 1.82) is 0 Å². The Morgan fingerprint density at radius 1 is 1.13 bits per heavy atom. The smallest absolute Gasteiger partial charge is 0.491 e. The van der Waals surface area contributed by atoms with Crippen LogP contribution in [0.25, 0.3) is 0 Å². The predicted octanol–water partition coefficient (Wildman–Crippen LogP) is 4.37. The minimum atomic E-state index is -4.95. The summed E-state index contributed by atoms with van der Waals surface area (Å²) in [5.41, 5.74) is 1.04. The van der Waals surface area contributed by atoms with Crippen molar-refractivity contribution in [2.75, 3.05) is 25.7 Å². The van der Waals surface area contributed by atoms with Crippen LogP contribution in [0.3, 0.4) is 0 Å². The second kappa shape index (κ2) is 11.2. The van der Waals surface area contributed by atoms with E-state index in [1.807, 2.05) is 13.8 Å². The third-order valence-corrected chi connectivity index (χ3v) is 6.05. The van der Waals surface area contributed by atoms with E-state index in [4.69, 9.17) is 9.47 Å². The Kier molecular flexibility index (Phi) is 7.98. The van der Waals surface area contributed by atoms with Crippen LogP contribution in [0.4, 0.5) is 18.9 Å². The van der Waals surface area contributed by atoms with Crippen molar-refractivity contribution in [2.45, 2.75) is 39.2 Å². The lowest BCUT2D eigenvalue weighted by atomic mass is 10.0. The van der Waals surface area contributed by atoms with Crippen LogP contribution in [0.2, 0.25) is 0 Å². The molecule has 0 radical (unpaired) electrons. The number of methoxy groups -OCH3 is 2. The van der Waals surface area contributed by atoms with Crippen molar-refractivity contribution in [3.8, 4) is 17.4 Å². The highest BCUT2D eigenvalue weighted by molar-refractivity contribution is 6.07. The average molecular weight is 548 g/mol. The van der Waals surface area contributed by atoms with Gasteiger partial charge in [-0.25, -0.2) is 4.98 Å². The van der Waals surface area contributed by atoms with E-state index in [9.17, 15) is 22.8 Å². The van der Waals surface area contributed by atoms with E-state index >= 15 is 0 Å². The van der Waals surface area contributed by atoms with E-state index in [0.29, 0.717) is 23.7 Å². The number of benzene rings is 1. The Labute approximate surface area is 222 Å². The van der Waals surface area contributed by atoms with Crippen molar-refractivity contribution in [1.82, 2.24) is 20.1 Å². The lowest BCUT2D eigenvalue weighted by Crippen LogP contribution is -2.42. The monoisotopic (exact) mass is 547 g/mol. The third-order valence-electron chi connectivity index (χ3n) is 6.05. The van der Waals surface area contributed by atoms with E-state index in [2.05, 4.69) is 20.1 Å². The van der Waals surface area contributed by atoms with Gasteiger partial charge in [-0.1, -0.05) is 26.0 Å². The normalized spacial score (nSPS) is 15.1. The molecule has 3 aromatic rings. The fourth-order valence-electron chi connectivity index (χ4n) is 4.42. The number of nitrogens with zero attached hydrogens (tertiary/aromatic N) is 4. The van der Waals surface area contributed by atoms with E-state index < -0.39 is 24.1 Å². The molecular weight excluding hydrogens is 519 g/mol. The number of hydrogen-bond acceptors (Lipinski definition) is 7. The molecule has 0 bridgehead atoms. The number of amides is 2. The summed E-state index contributed by atoms with van der Waals surface area (Å²) in [5, 5.41) is 7.28. The van der Waals surface area contributed by atoms with Gasteiger partial charge >= 0.3 is 6.36 Å². The van der Waals surface area contributed by atoms with Crippen LogP contribution in [-0.4, -0.2) is 53.7 Å². The van der Waals surface area contributed by atoms with Gasteiger partial charge in [0.15, 0.2) is 5.75 Å². The molecule has 208 valence electrons. The molecule has 1 aliphatic rings. The molecule has 1 aliphatic heterocycles. The van der Waals surface area contributed by atoms with Crippen molar-refractivity contribution in [3.63, 3.8) is 0 Å². The first-order chi connectivity index (χ1) is 18.5. The number of aromatic nitrogens is 3. The summed E-state index contributed by atoms with van der Waals surface area (Å²) in [6.45, 7) is 4.69. The number of carbonyl (C=O) groups excluding carboxylic acids is 2. The van der Waals surface area contributed by atoms with Crippen molar-refractivity contribution in [3.05, 3.63) is 59.5 Å². The van der Waals surface area contributed by atoms with Crippen LogP contribution in [-0.2, 0) is 6.54 Å². The van der Waals surface area contributed by atoms with Crippen molar-refractivity contribution >= 4 is 17.5 Å². The predicted molar refractivity (Wildman–Crippen MR) is 134 cm³/mol. The summed E-state index contributed by atoms with van der Waals surface area (Å²) in [5.74, 6) is -0.995. The van der Waals surface area contributed by atoms with Gasteiger partial charge in [0, 0.05) is 25.4 Å². The first-order valence-corrected chi connectivity index (χ1v) is 12.1. The number of carbonyl (C=O) groups is 2. The molecule has 4 rings (SSSR count). The Morgan fingerprint density at radius 2 is 1.87 bits per heavy atom. The molecule has 2 aromatic heterocycles. The van der Waals surface area contributed by atoms with Gasteiger partial charge in [0.25, 0.3) is 17.7 Å². The number of halogens is 3. The molecule has 13 heteroatoms. The summed E-state index contributed by atoms with van der Waals surface area (Å²) in [6, 6.07) is 6.03. The van der Waals surface area contributed by atoms with Gasteiger partial charge in [-0.2, -0.15) is 5.10 Å². The molecule has 3 heterocycles. The maximum Gasteiger partial charge on any atom is 0.573 e. The lowest BCUT2D eigenvalue weighted by Gasteiger charge is -2.33. The van der Waals surface area contributed by atoms with Crippen LogP contribution in [0.5, 0.6) is 17.4 Å². The van der Waals surface area contributed by atoms with E-state index in [1.165, 1.54) is 49.6 Å². The van der Waals surface area contributed by atoms with E-state index in [-0.39, 0.29) is 41.8 Å². The number of hydrogen-bond donors (Lipinski definition) is 1. The first kappa shape index (κ1) is 27.7. The van der Waals surface area contributed by atoms with Gasteiger partial charge < -0.3 is 24.4 Å². The number of nitrogens with one attached hydrogen (secondary N) is 1. The largest absolute Gasteiger partial charge is 0.573 e. The molecule has 1 unspecified atom stereocenters. The molecule has 0 aliphatic carbocycles. The van der Waals surface area contributed by atoms with Crippen LogP contribution in [0.15, 0.2) is 42.7 Å². The quantitative estimate of drug-likeness (QED) is 0.446. The van der Waals surface area contributed by atoms with Crippen LogP contribution < -0.4 is 24.4 Å². The molecule has 2 amide bonds. The minimum Gasteiger partial charge on any atom is -0.491 e. The molecule has 0 fully saturated rings. The van der Waals surface area contributed by atoms with Crippen LogP contribution in [0.1, 0.15) is 52.7 Å². The average Bonchev–Trinajstić information content (AvgIpc) is 3.30.